The average Bonchev–Trinajstić information content (AvgIpc) is 3.50. The van der Waals surface area contributed by atoms with Gasteiger partial charge in [-0.2, -0.15) is 13.2 Å². The van der Waals surface area contributed by atoms with Crippen molar-refractivity contribution in [3.05, 3.63) is 83.9 Å². The van der Waals surface area contributed by atoms with Crippen LogP contribution in [0.1, 0.15) is 11.1 Å². The van der Waals surface area contributed by atoms with Crippen LogP contribution in [0.25, 0.3) is 16.2 Å². The van der Waals surface area contributed by atoms with Gasteiger partial charge in [0.2, 0.25) is 16.9 Å². The van der Waals surface area contributed by atoms with E-state index in [0.717, 1.165) is 17.7 Å². The van der Waals surface area contributed by atoms with Gasteiger partial charge in [-0.25, -0.2) is 9.50 Å². The van der Waals surface area contributed by atoms with Gasteiger partial charge >= 0.3 is 6.18 Å². The van der Waals surface area contributed by atoms with Crippen molar-refractivity contribution in [3.8, 4) is 11.3 Å². The number of fused-ring (bicyclic) bond motifs is 1. The Morgan fingerprint density at radius 2 is 1.91 bits per heavy atom. The highest BCUT2D eigenvalue weighted by Crippen LogP contribution is 2.33. The molecule has 0 amide bonds. The highest BCUT2D eigenvalue weighted by molar-refractivity contribution is 7.20. The summed E-state index contributed by atoms with van der Waals surface area (Å²) in [6.07, 6.45) is -1.18. The second-order valence-electron chi connectivity index (χ2n) is 7.17. The Balaban J connectivity index is 1.44. The second kappa shape index (κ2) is 8.19. The molecule has 0 aliphatic carbocycles. The lowest BCUT2D eigenvalue weighted by molar-refractivity contribution is -0.137. The molecule has 3 heterocycles. The lowest BCUT2D eigenvalue weighted by Crippen LogP contribution is -2.25. The maximum Gasteiger partial charge on any atom is 0.416 e. The largest absolute Gasteiger partial charge is 0.462 e. The molecule has 0 bridgehead atoms. The fourth-order valence-electron chi connectivity index (χ4n) is 3.35. The summed E-state index contributed by atoms with van der Waals surface area (Å²) in [6.45, 7) is 1.25. The number of aromatic nitrogens is 3. The Bertz CT molecular complexity index is 1240. The SMILES string of the molecule is FC(F)(F)c1cccc(-c2cn3nc(N(CC4=COCO4)Cc4ccccc4)sc3n2)c1. The fourth-order valence-corrected chi connectivity index (χ4v) is 4.23. The minimum absolute atomic E-state index is 0.191. The number of imidazole rings is 1. The van der Waals surface area contributed by atoms with E-state index < -0.39 is 11.7 Å². The van der Waals surface area contributed by atoms with Crippen LogP contribution < -0.4 is 4.90 Å². The molecule has 4 aromatic rings. The predicted molar refractivity (Wildman–Crippen MR) is 114 cm³/mol. The van der Waals surface area contributed by atoms with Gasteiger partial charge in [-0.1, -0.05) is 53.8 Å². The summed E-state index contributed by atoms with van der Waals surface area (Å²) in [5.41, 5.74) is 1.22. The molecular formula is C22H17F3N4O2S. The van der Waals surface area contributed by atoms with E-state index in [0.29, 0.717) is 40.2 Å². The Kier molecular flexibility index (Phi) is 5.22. The van der Waals surface area contributed by atoms with E-state index in [2.05, 4.69) is 10.1 Å². The van der Waals surface area contributed by atoms with Crippen LogP contribution in [-0.2, 0) is 22.2 Å². The highest BCUT2D eigenvalue weighted by atomic mass is 32.1. The third-order valence-corrected chi connectivity index (χ3v) is 5.86. The van der Waals surface area contributed by atoms with Gasteiger partial charge in [0.25, 0.3) is 0 Å². The smallest absolute Gasteiger partial charge is 0.416 e. The summed E-state index contributed by atoms with van der Waals surface area (Å²) in [5.74, 6) is 0.693. The van der Waals surface area contributed by atoms with Gasteiger partial charge in [-0.3, -0.25) is 0 Å². The second-order valence-corrected chi connectivity index (χ2v) is 8.11. The van der Waals surface area contributed by atoms with Crippen molar-refractivity contribution in [3.63, 3.8) is 0 Å². The number of rotatable bonds is 6. The van der Waals surface area contributed by atoms with Gasteiger partial charge in [0.15, 0.2) is 5.76 Å². The number of anilines is 1. The molecule has 0 fully saturated rings. The number of ether oxygens (including phenoxy) is 2. The van der Waals surface area contributed by atoms with Crippen molar-refractivity contribution < 1.29 is 22.6 Å². The van der Waals surface area contributed by atoms with Crippen LogP contribution in [0.2, 0.25) is 0 Å². The first kappa shape index (κ1) is 20.4. The fraction of sp³-hybridized carbons (Fsp3) is 0.182. The molecule has 0 N–H and O–H groups in total. The molecule has 2 aromatic carbocycles. The third kappa shape index (κ3) is 4.26. The summed E-state index contributed by atoms with van der Waals surface area (Å²) in [7, 11) is 0. The van der Waals surface area contributed by atoms with Crippen LogP contribution in [-0.4, -0.2) is 27.9 Å². The summed E-state index contributed by atoms with van der Waals surface area (Å²) in [4.78, 5) is 7.13. The Morgan fingerprint density at radius 3 is 2.62 bits per heavy atom. The summed E-state index contributed by atoms with van der Waals surface area (Å²) < 4.78 is 51.4. The van der Waals surface area contributed by atoms with Crippen LogP contribution in [0.4, 0.5) is 18.3 Å². The van der Waals surface area contributed by atoms with Crippen molar-refractivity contribution in [1.82, 2.24) is 14.6 Å². The molecule has 6 nitrogen and oxygen atoms in total. The number of hydrogen-bond acceptors (Lipinski definition) is 6. The number of halogens is 3. The van der Waals surface area contributed by atoms with E-state index in [-0.39, 0.29) is 6.79 Å². The third-order valence-electron chi connectivity index (χ3n) is 4.88. The summed E-state index contributed by atoms with van der Waals surface area (Å²) >= 11 is 1.35. The Morgan fingerprint density at radius 1 is 1.06 bits per heavy atom. The molecule has 2 aromatic heterocycles. The molecule has 0 spiro atoms. The first-order chi connectivity index (χ1) is 15.5. The maximum absolute atomic E-state index is 13.1. The van der Waals surface area contributed by atoms with Crippen molar-refractivity contribution in [1.29, 1.82) is 0 Å². The van der Waals surface area contributed by atoms with E-state index in [1.165, 1.54) is 17.4 Å². The Hall–Kier alpha value is -3.53. The molecular weight excluding hydrogens is 441 g/mol. The molecule has 1 aliphatic rings. The number of alkyl halides is 3. The topological polar surface area (TPSA) is 51.9 Å². The molecule has 0 unspecified atom stereocenters. The van der Waals surface area contributed by atoms with E-state index >= 15 is 0 Å². The Labute approximate surface area is 185 Å². The summed E-state index contributed by atoms with van der Waals surface area (Å²) in [5, 5.41) is 5.33. The number of nitrogens with zero attached hydrogens (tertiary/aromatic N) is 4. The lowest BCUT2D eigenvalue weighted by Gasteiger charge is -2.21. The van der Waals surface area contributed by atoms with Crippen LogP contribution >= 0.6 is 11.3 Å². The van der Waals surface area contributed by atoms with Crippen LogP contribution in [0.5, 0.6) is 0 Å². The zero-order valence-corrected chi connectivity index (χ0v) is 17.4. The first-order valence-electron chi connectivity index (χ1n) is 9.72. The molecule has 0 radical (unpaired) electrons. The average molecular weight is 458 g/mol. The number of hydrogen-bond donors (Lipinski definition) is 0. The van der Waals surface area contributed by atoms with Gasteiger partial charge in [0.05, 0.1) is 24.0 Å². The van der Waals surface area contributed by atoms with Gasteiger partial charge in [-0.15, -0.1) is 5.10 Å². The molecule has 5 rings (SSSR count). The maximum atomic E-state index is 13.1. The zero-order chi connectivity index (χ0) is 22.1. The monoisotopic (exact) mass is 458 g/mol. The van der Waals surface area contributed by atoms with Gasteiger partial charge < -0.3 is 14.4 Å². The van der Waals surface area contributed by atoms with E-state index in [1.54, 1.807) is 23.0 Å². The van der Waals surface area contributed by atoms with Crippen LogP contribution in [0.15, 0.2) is 72.8 Å². The van der Waals surface area contributed by atoms with Crippen molar-refractivity contribution in [2.24, 2.45) is 0 Å². The van der Waals surface area contributed by atoms with Crippen molar-refractivity contribution >= 4 is 21.4 Å². The van der Waals surface area contributed by atoms with Crippen molar-refractivity contribution in [2.45, 2.75) is 12.7 Å². The minimum Gasteiger partial charge on any atom is -0.462 e. The predicted octanol–water partition coefficient (Wildman–Crippen LogP) is 5.33. The molecule has 10 heteroatoms. The van der Waals surface area contributed by atoms with Crippen LogP contribution in [0, 0.1) is 0 Å². The molecule has 164 valence electrons. The van der Waals surface area contributed by atoms with E-state index in [9.17, 15) is 13.2 Å². The van der Waals surface area contributed by atoms with E-state index in [1.807, 2.05) is 35.2 Å². The molecule has 0 atom stereocenters. The first-order valence-corrected chi connectivity index (χ1v) is 10.5. The standard InChI is InChI=1S/C22H17F3N4O2S/c23-22(24,25)17-8-4-7-16(9-17)19-12-29-20(26-19)32-21(27-29)28(11-18-13-30-14-31-18)10-15-5-2-1-3-6-15/h1-9,12-13H,10-11,14H2. The summed E-state index contributed by atoms with van der Waals surface area (Å²) in [6, 6.07) is 15.1. The van der Waals surface area contributed by atoms with Gasteiger partial charge in [0, 0.05) is 12.1 Å². The molecule has 32 heavy (non-hydrogen) atoms. The van der Waals surface area contributed by atoms with Gasteiger partial charge in [0.1, 0.15) is 6.26 Å². The van der Waals surface area contributed by atoms with E-state index in [4.69, 9.17) is 9.47 Å². The van der Waals surface area contributed by atoms with Crippen molar-refractivity contribution in [2.75, 3.05) is 18.2 Å². The zero-order valence-electron chi connectivity index (χ0n) is 16.6. The molecule has 0 saturated heterocycles. The lowest BCUT2D eigenvalue weighted by atomic mass is 10.1. The molecule has 1 aliphatic heterocycles. The van der Waals surface area contributed by atoms with Gasteiger partial charge in [-0.05, 0) is 17.7 Å². The number of benzene rings is 2. The normalized spacial score (nSPS) is 13.7. The minimum atomic E-state index is -4.41. The molecule has 0 saturated carbocycles. The quantitative estimate of drug-likeness (QED) is 0.391. The van der Waals surface area contributed by atoms with Crippen LogP contribution in [0.3, 0.4) is 0 Å². The highest BCUT2D eigenvalue weighted by Gasteiger charge is 2.30.